The SMILES string of the molecule is Cc1csc(N2CCN(C(=O)C3C4CCC(C4)C3N)CC2)n1. The van der Waals surface area contributed by atoms with E-state index in [1.54, 1.807) is 11.3 Å². The number of aromatic nitrogens is 1. The topological polar surface area (TPSA) is 62.5 Å². The van der Waals surface area contributed by atoms with E-state index in [1.165, 1.54) is 19.3 Å². The van der Waals surface area contributed by atoms with Crippen LogP contribution in [0.1, 0.15) is 25.0 Å². The molecule has 4 rings (SSSR count). The van der Waals surface area contributed by atoms with Gasteiger partial charge in [0.05, 0.1) is 11.6 Å². The fourth-order valence-corrected chi connectivity index (χ4v) is 5.37. The lowest BCUT2D eigenvalue weighted by molar-refractivity contribution is -0.138. The largest absolute Gasteiger partial charge is 0.345 e. The van der Waals surface area contributed by atoms with Gasteiger partial charge in [0.25, 0.3) is 0 Å². The highest BCUT2D eigenvalue weighted by Crippen LogP contribution is 2.48. The molecule has 1 amide bonds. The average Bonchev–Trinajstić information content (AvgIpc) is 3.23. The summed E-state index contributed by atoms with van der Waals surface area (Å²) in [6.45, 7) is 5.40. The summed E-state index contributed by atoms with van der Waals surface area (Å²) in [4.78, 5) is 21.7. The molecule has 2 bridgehead atoms. The monoisotopic (exact) mass is 320 g/mol. The van der Waals surface area contributed by atoms with Gasteiger partial charge in [-0.25, -0.2) is 4.98 Å². The zero-order chi connectivity index (χ0) is 15.3. The number of anilines is 1. The second-order valence-corrected chi connectivity index (χ2v) is 7.86. The molecule has 3 aliphatic rings. The third kappa shape index (κ3) is 2.33. The molecule has 1 aliphatic heterocycles. The molecule has 5 nitrogen and oxygen atoms in total. The van der Waals surface area contributed by atoms with Crippen LogP contribution in [0.3, 0.4) is 0 Å². The van der Waals surface area contributed by atoms with Crippen molar-refractivity contribution in [2.45, 2.75) is 32.2 Å². The molecule has 6 heteroatoms. The molecule has 4 atom stereocenters. The molecule has 0 spiro atoms. The van der Waals surface area contributed by atoms with Crippen LogP contribution in [-0.2, 0) is 4.79 Å². The van der Waals surface area contributed by atoms with Crippen LogP contribution in [0.25, 0.3) is 0 Å². The van der Waals surface area contributed by atoms with Crippen molar-refractivity contribution in [2.75, 3.05) is 31.1 Å². The Labute approximate surface area is 135 Å². The van der Waals surface area contributed by atoms with Crippen LogP contribution in [0.4, 0.5) is 5.13 Å². The van der Waals surface area contributed by atoms with E-state index >= 15 is 0 Å². The third-order valence-electron chi connectivity index (χ3n) is 5.73. The Hall–Kier alpha value is -1.14. The standard InChI is InChI=1S/C16H24N4OS/c1-10-9-22-16(18-10)20-6-4-19(5-7-20)15(21)13-11-2-3-12(8-11)14(13)17/h9,11-14H,2-8,17H2,1H3. The second kappa shape index (κ2) is 5.49. The van der Waals surface area contributed by atoms with Crippen LogP contribution in [0.5, 0.6) is 0 Å². The van der Waals surface area contributed by atoms with Gasteiger partial charge in [-0.3, -0.25) is 4.79 Å². The summed E-state index contributed by atoms with van der Waals surface area (Å²) in [7, 11) is 0. The summed E-state index contributed by atoms with van der Waals surface area (Å²) < 4.78 is 0. The number of carbonyl (C=O) groups excluding carboxylic acids is 1. The predicted molar refractivity (Wildman–Crippen MR) is 87.9 cm³/mol. The van der Waals surface area contributed by atoms with Gasteiger partial charge in [-0.2, -0.15) is 0 Å². The molecule has 22 heavy (non-hydrogen) atoms. The lowest BCUT2D eigenvalue weighted by atomic mass is 9.84. The second-order valence-electron chi connectivity index (χ2n) is 7.02. The number of thiazole rings is 1. The molecule has 1 saturated heterocycles. The fraction of sp³-hybridized carbons (Fsp3) is 0.750. The molecule has 2 heterocycles. The number of aryl methyl sites for hydroxylation is 1. The summed E-state index contributed by atoms with van der Waals surface area (Å²) in [5.74, 6) is 1.55. The summed E-state index contributed by atoms with van der Waals surface area (Å²) in [6, 6.07) is 0.103. The van der Waals surface area contributed by atoms with Crippen molar-refractivity contribution in [2.24, 2.45) is 23.5 Å². The first-order valence-electron chi connectivity index (χ1n) is 8.35. The number of nitrogens with zero attached hydrogens (tertiary/aromatic N) is 3. The van der Waals surface area contributed by atoms with Crippen LogP contribution in [0, 0.1) is 24.7 Å². The average molecular weight is 320 g/mol. The lowest BCUT2D eigenvalue weighted by Gasteiger charge is -2.38. The van der Waals surface area contributed by atoms with Crippen molar-refractivity contribution in [1.29, 1.82) is 0 Å². The summed E-state index contributed by atoms with van der Waals surface area (Å²) in [6.07, 6.45) is 3.61. The van der Waals surface area contributed by atoms with Crippen LogP contribution in [0.2, 0.25) is 0 Å². The molecule has 0 aromatic carbocycles. The normalized spacial score (nSPS) is 34.5. The smallest absolute Gasteiger partial charge is 0.227 e. The molecular weight excluding hydrogens is 296 g/mol. The highest BCUT2D eigenvalue weighted by molar-refractivity contribution is 7.13. The van der Waals surface area contributed by atoms with Gasteiger partial charge in [0.15, 0.2) is 5.13 Å². The first kappa shape index (κ1) is 14.5. The van der Waals surface area contributed by atoms with E-state index in [2.05, 4.69) is 15.3 Å². The van der Waals surface area contributed by atoms with Crippen molar-refractivity contribution < 1.29 is 4.79 Å². The number of fused-ring (bicyclic) bond motifs is 2. The minimum Gasteiger partial charge on any atom is -0.345 e. The summed E-state index contributed by atoms with van der Waals surface area (Å²) >= 11 is 1.69. The molecule has 1 aromatic heterocycles. The molecule has 2 saturated carbocycles. The number of hydrogen-bond acceptors (Lipinski definition) is 5. The highest BCUT2D eigenvalue weighted by atomic mass is 32.1. The van der Waals surface area contributed by atoms with Crippen LogP contribution < -0.4 is 10.6 Å². The molecule has 4 unspecified atom stereocenters. The van der Waals surface area contributed by atoms with Gasteiger partial charge in [-0.05, 0) is 38.0 Å². The van der Waals surface area contributed by atoms with Crippen molar-refractivity contribution in [3.8, 4) is 0 Å². The molecule has 2 N–H and O–H groups in total. The molecule has 120 valence electrons. The number of hydrogen-bond donors (Lipinski definition) is 1. The van der Waals surface area contributed by atoms with Gasteiger partial charge in [0.1, 0.15) is 0 Å². The lowest BCUT2D eigenvalue weighted by Crippen LogP contribution is -2.53. The highest BCUT2D eigenvalue weighted by Gasteiger charge is 2.50. The van der Waals surface area contributed by atoms with Crippen molar-refractivity contribution in [3.05, 3.63) is 11.1 Å². The number of carbonyl (C=O) groups is 1. The van der Waals surface area contributed by atoms with Crippen LogP contribution >= 0.6 is 11.3 Å². The van der Waals surface area contributed by atoms with Crippen molar-refractivity contribution in [1.82, 2.24) is 9.88 Å². The quantitative estimate of drug-likeness (QED) is 0.896. The first-order valence-corrected chi connectivity index (χ1v) is 9.23. The Morgan fingerprint density at radius 2 is 2.00 bits per heavy atom. The van der Waals surface area contributed by atoms with Gasteiger partial charge >= 0.3 is 0 Å². The Balaban J connectivity index is 1.38. The van der Waals surface area contributed by atoms with Gasteiger partial charge in [-0.15, -0.1) is 11.3 Å². The number of nitrogens with two attached hydrogens (primary N) is 1. The van der Waals surface area contributed by atoms with E-state index in [0.29, 0.717) is 17.7 Å². The van der Waals surface area contributed by atoms with E-state index in [-0.39, 0.29) is 12.0 Å². The van der Waals surface area contributed by atoms with Gasteiger partial charge in [0.2, 0.25) is 5.91 Å². The van der Waals surface area contributed by atoms with Crippen molar-refractivity contribution >= 4 is 22.4 Å². The third-order valence-corrected chi connectivity index (χ3v) is 6.75. The zero-order valence-electron chi connectivity index (χ0n) is 13.1. The number of rotatable bonds is 2. The summed E-state index contributed by atoms with van der Waals surface area (Å²) in [5, 5.41) is 3.17. The molecular formula is C16H24N4OS. The Morgan fingerprint density at radius 1 is 1.27 bits per heavy atom. The Morgan fingerprint density at radius 3 is 2.59 bits per heavy atom. The van der Waals surface area contributed by atoms with Gasteiger partial charge < -0.3 is 15.5 Å². The molecule has 2 aliphatic carbocycles. The van der Waals surface area contributed by atoms with Crippen molar-refractivity contribution in [3.63, 3.8) is 0 Å². The van der Waals surface area contributed by atoms with Gasteiger partial charge in [0, 0.05) is 37.6 Å². The number of piperazine rings is 1. The van der Waals surface area contributed by atoms with Crippen LogP contribution in [0.15, 0.2) is 5.38 Å². The van der Waals surface area contributed by atoms with Gasteiger partial charge in [-0.1, -0.05) is 0 Å². The minimum absolute atomic E-state index is 0.0902. The van der Waals surface area contributed by atoms with Crippen LogP contribution in [-0.4, -0.2) is 48.0 Å². The van der Waals surface area contributed by atoms with E-state index in [4.69, 9.17) is 5.73 Å². The summed E-state index contributed by atoms with van der Waals surface area (Å²) in [5.41, 5.74) is 7.40. The fourth-order valence-electron chi connectivity index (χ4n) is 4.52. The maximum Gasteiger partial charge on any atom is 0.227 e. The van der Waals surface area contributed by atoms with E-state index in [1.807, 2.05) is 11.8 Å². The maximum absolute atomic E-state index is 12.9. The Bertz CT molecular complexity index is 564. The minimum atomic E-state index is 0.0902. The maximum atomic E-state index is 12.9. The van der Waals surface area contributed by atoms with E-state index < -0.39 is 0 Å². The molecule has 0 radical (unpaired) electrons. The molecule has 1 aromatic rings. The zero-order valence-corrected chi connectivity index (χ0v) is 13.9. The van der Waals surface area contributed by atoms with E-state index in [9.17, 15) is 4.79 Å². The Kier molecular flexibility index (Phi) is 3.61. The predicted octanol–water partition coefficient (Wildman–Crippen LogP) is 1.47. The molecule has 3 fully saturated rings. The van der Waals surface area contributed by atoms with E-state index in [0.717, 1.165) is 37.0 Å². The first-order chi connectivity index (χ1) is 10.6. The number of amides is 1.